The summed E-state index contributed by atoms with van der Waals surface area (Å²) in [6, 6.07) is 18.0. The van der Waals surface area contributed by atoms with Crippen LogP contribution in [0.4, 0.5) is 5.69 Å². The van der Waals surface area contributed by atoms with E-state index in [0.29, 0.717) is 16.3 Å². The average Bonchev–Trinajstić information content (AvgIpc) is 3.36. The Labute approximate surface area is 187 Å². The van der Waals surface area contributed by atoms with Crippen molar-refractivity contribution in [1.82, 2.24) is 4.57 Å². The largest absolute Gasteiger partial charge is 0.454 e. The van der Waals surface area contributed by atoms with Gasteiger partial charge in [-0.3, -0.25) is 9.52 Å². The van der Waals surface area contributed by atoms with Crippen molar-refractivity contribution in [2.45, 2.75) is 4.90 Å². The fourth-order valence-electron chi connectivity index (χ4n) is 3.30. The van der Waals surface area contributed by atoms with Crippen LogP contribution >= 0.6 is 11.3 Å². The van der Waals surface area contributed by atoms with Crippen LogP contribution in [-0.2, 0) is 17.1 Å². The van der Waals surface area contributed by atoms with Crippen LogP contribution in [0.5, 0.6) is 11.5 Å². The number of sulfonamides is 1. The fraction of sp³-hybridized carbons (Fsp3) is 0.0909. The van der Waals surface area contributed by atoms with Crippen molar-refractivity contribution in [1.29, 1.82) is 0 Å². The Morgan fingerprint density at radius 1 is 1.03 bits per heavy atom. The van der Waals surface area contributed by atoms with Crippen molar-refractivity contribution in [3.63, 3.8) is 0 Å². The number of aryl methyl sites for hydroxylation is 1. The molecule has 2 heterocycles. The summed E-state index contributed by atoms with van der Waals surface area (Å²) in [5.41, 5.74) is 1.42. The highest BCUT2D eigenvalue weighted by molar-refractivity contribution is 7.92. The van der Waals surface area contributed by atoms with Gasteiger partial charge in [0.2, 0.25) is 6.79 Å². The molecule has 0 bridgehead atoms. The smallest absolute Gasteiger partial charge is 0.279 e. The van der Waals surface area contributed by atoms with Crippen molar-refractivity contribution in [3.05, 3.63) is 77.1 Å². The fourth-order valence-corrected chi connectivity index (χ4v) is 5.40. The Kier molecular flexibility index (Phi) is 4.95. The first-order valence-corrected chi connectivity index (χ1v) is 11.9. The summed E-state index contributed by atoms with van der Waals surface area (Å²) < 4.78 is 41.2. The van der Waals surface area contributed by atoms with E-state index in [2.05, 4.69) is 9.71 Å². The summed E-state index contributed by atoms with van der Waals surface area (Å²) in [7, 11) is -1.94. The second-order valence-electron chi connectivity index (χ2n) is 7.03. The Morgan fingerprint density at radius 2 is 1.78 bits per heavy atom. The average molecular weight is 468 g/mol. The number of carbonyl (C=O) groups is 1. The summed E-state index contributed by atoms with van der Waals surface area (Å²) in [5, 5.41) is 0. The highest BCUT2D eigenvalue weighted by Crippen LogP contribution is 2.36. The zero-order chi connectivity index (χ0) is 22.3. The number of ether oxygens (including phenoxy) is 2. The lowest BCUT2D eigenvalue weighted by atomic mass is 10.2. The number of rotatable bonds is 4. The SMILES string of the molecule is Cn1c(=NC(=O)c2cccc(NS(=O)(=O)c3ccccc3)c2)sc2cc3c(cc21)OCO3. The monoisotopic (exact) mass is 467 g/mol. The molecule has 1 aliphatic rings. The predicted octanol–water partition coefficient (Wildman–Crippen LogP) is 3.51. The molecule has 1 aliphatic heterocycles. The molecular formula is C22H17N3O5S2. The summed E-state index contributed by atoms with van der Waals surface area (Å²) >= 11 is 1.35. The van der Waals surface area contributed by atoms with E-state index >= 15 is 0 Å². The number of carbonyl (C=O) groups excluding carboxylic acids is 1. The lowest BCUT2D eigenvalue weighted by Crippen LogP contribution is -2.14. The van der Waals surface area contributed by atoms with Crippen LogP contribution in [0.1, 0.15) is 10.4 Å². The minimum absolute atomic E-state index is 0.138. The van der Waals surface area contributed by atoms with Gasteiger partial charge in [0.15, 0.2) is 16.3 Å². The molecule has 3 aromatic carbocycles. The quantitative estimate of drug-likeness (QED) is 0.495. The Hall–Kier alpha value is -3.63. The lowest BCUT2D eigenvalue weighted by Gasteiger charge is -2.08. The summed E-state index contributed by atoms with van der Waals surface area (Å²) in [5.74, 6) is 0.839. The molecule has 0 unspecified atom stereocenters. The number of hydrogen-bond donors (Lipinski definition) is 1. The van der Waals surface area contributed by atoms with E-state index in [1.54, 1.807) is 36.4 Å². The van der Waals surface area contributed by atoms with Gasteiger partial charge in [0.05, 0.1) is 15.1 Å². The number of nitrogens with zero attached hydrogens (tertiary/aromatic N) is 2. The molecule has 1 amide bonds. The molecule has 0 saturated heterocycles. The van der Waals surface area contributed by atoms with Gasteiger partial charge < -0.3 is 14.0 Å². The van der Waals surface area contributed by atoms with Gasteiger partial charge in [-0.15, -0.1) is 0 Å². The molecule has 0 aliphatic carbocycles. The van der Waals surface area contributed by atoms with E-state index in [4.69, 9.17) is 9.47 Å². The Morgan fingerprint density at radius 3 is 2.56 bits per heavy atom. The van der Waals surface area contributed by atoms with Gasteiger partial charge in [0.1, 0.15) is 0 Å². The molecule has 1 aromatic heterocycles. The topological polar surface area (TPSA) is 99.0 Å². The van der Waals surface area contributed by atoms with E-state index in [0.717, 1.165) is 10.2 Å². The molecule has 162 valence electrons. The maximum absolute atomic E-state index is 12.8. The van der Waals surface area contributed by atoms with E-state index in [9.17, 15) is 13.2 Å². The van der Waals surface area contributed by atoms with Gasteiger partial charge in [-0.25, -0.2) is 8.42 Å². The van der Waals surface area contributed by atoms with Gasteiger partial charge in [-0.2, -0.15) is 4.99 Å². The second kappa shape index (κ2) is 7.81. The van der Waals surface area contributed by atoms with Crippen molar-refractivity contribution in [3.8, 4) is 11.5 Å². The molecule has 5 rings (SSSR count). The van der Waals surface area contributed by atoms with Crippen molar-refractivity contribution in [2.75, 3.05) is 11.5 Å². The van der Waals surface area contributed by atoms with Gasteiger partial charge in [0.25, 0.3) is 15.9 Å². The molecule has 0 fully saturated rings. The van der Waals surface area contributed by atoms with Crippen molar-refractivity contribution >= 4 is 43.2 Å². The van der Waals surface area contributed by atoms with Gasteiger partial charge in [0, 0.05) is 30.4 Å². The number of nitrogens with one attached hydrogen (secondary N) is 1. The molecular weight excluding hydrogens is 450 g/mol. The van der Waals surface area contributed by atoms with E-state index in [-0.39, 0.29) is 22.9 Å². The second-order valence-corrected chi connectivity index (χ2v) is 9.72. The first-order chi connectivity index (χ1) is 15.4. The van der Waals surface area contributed by atoms with Gasteiger partial charge in [-0.05, 0) is 30.3 Å². The number of aromatic nitrogens is 1. The van der Waals surface area contributed by atoms with Crippen LogP contribution in [-0.4, -0.2) is 25.7 Å². The van der Waals surface area contributed by atoms with Crippen LogP contribution in [0.2, 0.25) is 0 Å². The van der Waals surface area contributed by atoms with E-state index in [1.165, 1.54) is 29.5 Å². The molecule has 0 saturated carbocycles. The van der Waals surface area contributed by atoms with Crippen LogP contribution in [0.15, 0.2) is 76.6 Å². The summed E-state index contributed by atoms with van der Waals surface area (Å²) in [6.45, 7) is 0.191. The first kappa shape index (κ1) is 20.3. The highest BCUT2D eigenvalue weighted by atomic mass is 32.2. The maximum atomic E-state index is 12.8. The number of fused-ring (bicyclic) bond motifs is 2. The van der Waals surface area contributed by atoms with Crippen LogP contribution in [0.25, 0.3) is 10.2 Å². The molecule has 0 radical (unpaired) electrons. The van der Waals surface area contributed by atoms with Crippen LogP contribution in [0, 0.1) is 0 Å². The Bertz CT molecular complexity index is 1520. The Balaban J connectivity index is 1.46. The number of thiazole rings is 1. The molecule has 32 heavy (non-hydrogen) atoms. The molecule has 0 spiro atoms. The minimum atomic E-state index is -3.76. The molecule has 10 heteroatoms. The van der Waals surface area contributed by atoms with Gasteiger partial charge in [-0.1, -0.05) is 35.6 Å². The van der Waals surface area contributed by atoms with Crippen LogP contribution in [0.3, 0.4) is 0 Å². The normalized spacial score (nSPS) is 13.5. The first-order valence-electron chi connectivity index (χ1n) is 9.57. The zero-order valence-electron chi connectivity index (χ0n) is 16.8. The highest BCUT2D eigenvalue weighted by Gasteiger charge is 2.18. The van der Waals surface area contributed by atoms with Crippen molar-refractivity contribution in [2.24, 2.45) is 12.0 Å². The van der Waals surface area contributed by atoms with Crippen molar-refractivity contribution < 1.29 is 22.7 Å². The number of benzene rings is 3. The molecule has 0 atom stereocenters. The zero-order valence-corrected chi connectivity index (χ0v) is 18.4. The predicted molar refractivity (Wildman–Crippen MR) is 121 cm³/mol. The van der Waals surface area contributed by atoms with E-state index < -0.39 is 15.9 Å². The number of amides is 1. The third kappa shape index (κ3) is 3.74. The molecule has 4 aromatic rings. The van der Waals surface area contributed by atoms with Gasteiger partial charge >= 0.3 is 0 Å². The molecule has 8 nitrogen and oxygen atoms in total. The lowest BCUT2D eigenvalue weighted by molar-refractivity contribution is 0.0998. The number of hydrogen-bond acceptors (Lipinski definition) is 6. The third-order valence-corrected chi connectivity index (χ3v) is 7.41. The van der Waals surface area contributed by atoms with Crippen LogP contribution < -0.4 is 19.0 Å². The molecule has 1 N–H and O–H groups in total. The third-order valence-electron chi connectivity index (χ3n) is 4.92. The summed E-state index contributed by atoms with van der Waals surface area (Å²) in [6.07, 6.45) is 0. The number of anilines is 1. The maximum Gasteiger partial charge on any atom is 0.279 e. The van der Waals surface area contributed by atoms with E-state index in [1.807, 2.05) is 23.7 Å². The minimum Gasteiger partial charge on any atom is -0.454 e. The standard InChI is InChI=1S/C22H17N3O5S2/c1-25-17-11-18-19(30-13-29-18)12-20(17)31-22(25)23-21(26)14-6-5-7-15(10-14)24-32(27,28)16-8-3-2-4-9-16/h2-12,24H,13H2,1H3. The summed E-state index contributed by atoms with van der Waals surface area (Å²) in [4.78, 5) is 17.7.